The van der Waals surface area contributed by atoms with Gasteiger partial charge in [-0.25, -0.2) is 9.59 Å². The van der Waals surface area contributed by atoms with Gasteiger partial charge in [-0.05, 0) is 29.9 Å². The molecule has 7 heteroatoms. The molecule has 1 aromatic rings. The summed E-state index contributed by atoms with van der Waals surface area (Å²) in [5, 5.41) is 9.07. The number of methoxy groups -OCH3 is 1. The number of carbonyl (C=O) groups excluding carboxylic acids is 2. The molecule has 0 radical (unpaired) electrons. The fourth-order valence-electron chi connectivity index (χ4n) is 2.31. The van der Waals surface area contributed by atoms with Crippen LogP contribution in [0, 0.1) is 5.92 Å². The minimum Gasteiger partial charge on any atom is -0.478 e. The Bertz CT molecular complexity index is 601. The van der Waals surface area contributed by atoms with Crippen molar-refractivity contribution in [2.45, 2.75) is 6.42 Å². The highest BCUT2D eigenvalue weighted by Crippen LogP contribution is 2.30. The first-order valence-electron chi connectivity index (χ1n) is 6.34. The predicted octanol–water partition coefficient (Wildman–Crippen LogP) is 1.45. The van der Waals surface area contributed by atoms with E-state index in [0.717, 1.165) is 0 Å². The maximum absolute atomic E-state index is 12.1. The van der Waals surface area contributed by atoms with Gasteiger partial charge in [0.15, 0.2) is 0 Å². The second-order valence-electron chi connectivity index (χ2n) is 4.79. The van der Waals surface area contributed by atoms with Gasteiger partial charge in [0.25, 0.3) is 0 Å². The van der Waals surface area contributed by atoms with Gasteiger partial charge >= 0.3 is 11.9 Å². The van der Waals surface area contributed by atoms with Gasteiger partial charge in [0.1, 0.15) is 0 Å². The molecule has 1 saturated heterocycles. The summed E-state index contributed by atoms with van der Waals surface area (Å²) in [6.07, 6.45) is 0.335. The van der Waals surface area contributed by atoms with Gasteiger partial charge in [-0.1, -0.05) is 0 Å². The standard InChI is InChI=1S/C14H15NO5S/c1-20-14(19)10-3-2-9(13(17)18)5-11(10)15-6-8(7-21)4-12(15)16/h2-3,5,8,21H,4,6-7H2,1H3,(H,17,18). The number of carbonyl (C=O) groups is 3. The Labute approximate surface area is 127 Å². The zero-order valence-electron chi connectivity index (χ0n) is 11.4. The number of amides is 1. The summed E-state index contributed by atoms with van der Waals surface area (Å²) in [6.45, 7) is 0.412. The third-order valence-electron chi connectivity index (χ3n) is 3.40. The molecule has 1 unspecified atom stereocenters. The molecular weight excluding hydrogens is 294 g/mol. The molecule has 1 fully saturated rings. The molecule has 6 nitrogen and oxygen atoms in total. The van der Waals surface area contributed by atoms with Crippen LogP contribution in [0.2, 0.25) is 0 Å². The molecule has 1 N–H and O–H groups in total. The lowest BCUT2D eigenvalue weighted by atomic mass is 10.1. The summed E-state index contributed by atoms with van der Waals surface area (Å²) >= 11 is 4.18. The van der Waals surface area contributed by atoms with Crippen molar-refractivity contribution in [3.05, 3.63) is 29.3 Å². The summed E-state index contributed by atoms with van der Waals surface area (Å²) in [6, 6.07) is 4.01. The molecule has 1 amide bonds. The van der Waals surface area contributed by atoms with Gasteiger partial charge in [0.2, 0.25) is 5.91 Å². The lowest BCUT2D eigenvalue weighted by Crippen LogP contribution is -2.27. The molecule has 0 bridgehead atoms. The first-order chi connectivity index (χ1) is 9.97. The van der Waals surface area contributed by atoms with Crippen LogP contribution in [0.5, 0.6) is 0 Å². The topological polar surface area (TPSA) is 83.9 Å². The number of rotatable bonds is 4. The Kier molecular flexibility index (Phi) is 4.52. The van der Waals surface area contributed by atoms with Gasteiger partial charge in [0.05, 0.1) is 23.9 Å². The van der Waals surface area contributed by atoms with E-state index in [1.54, 1.807) is 0 Å². The first kappa shape index (κ1) is 15.4. The number of hydrogen-bond acceptors (Lipinski definition) is 5. The van der Waals surface area contributed by atoms with E-state index >= 15 is 0 Å². The second kappa shape index (κ2) is 6.17. The van der Waals surface area contributed by atoms with Crippen LogP contribution < -0.4 is 4.90 Å². The number of hydrogen-bond donors (Lipinski definition) is 2. The fraction of sp³-hybridized carbons (Fsp3) is 0.357. The van der Waals surface area contributed by atoms with Crippen molar-refractivity contribution in [2.24, 2.45) is 5.92 Å². The van der Waals surface area contributed by atoms with Crippen LogP contribution in [0.1, 0.15) is 27.1 Å². The summed E-state index contributed by atoms with van der Waals surface area (Å²) in [7, 11) is 1.24. The Morgan fingerprint density at radius 2 is 2.19 bits per heavy atom. The molecule has 0 saturated carbocycles. The van der Waals surface area contributed by atoms with Crippen molar-refractivity contribution in [1.29, 1.82) is 0 Å². The molecule has 0 aromatic heterocycles. The van der Waals surface area contributed by atoms with Gasteiger partial charge in [0, 0.05) is 13.0 Å². The highest BCUT2D eigenvalue weighted by molar-refractivity contribution is 7.80. The molecule has 1 heterocycles. The zero-order chi connectivity index (χ0) is 15.6. The van der Waals surface area contributed by atoms with Crippen LogP contribution in [0.3, 0.4) is 0 Å². The fourth-order valence-corrected chi connectivity index (χ4v) is 2.55. The maximum Gasteiger partial charge on any atom is 0.339 e. The number of benzene rings is 1. The predicted molar refractivity (Wildman–Crippen MR) is 79.1 cm³/mol. The van der Waals surface area contributed by atoms with E-state index in [9.17, 15) is 14.4 Å². The Balaban J connectivity index is 2.48. The molecule has 0 aliphatic carbocycles. The summed E-state index contributed by atoms with van der Waals surface area (Å²) in [5.74, 6) is -1.25. The van der Waals surface area contributed by atoms with Gasteiger partial charge in [-0.15, -0.1) is 0 Å². The minimum atomic E-state index is -1.12. The number of carboxylic acids is 1. The molecule has 1 aliphatic rings. The van der Waals surface area contributed by atoms with Crippen LogP contribution in [-0.4, -0.2) is 42.4 Å². The second-order valence-corrected chi connectivity index (χ2v) is 5.15. The quantitative estimate of drug-likeness (QED) is 0.650. The molecule has 0 spiro atoms. The number of nitrogens with zero attached hydrogens (tertiary/aromatic N) is 1. The zero-order valence-corrected chi connectivity index (χ0v) is 12.3. The van der Waals surface area contributed by atoms with Crippen molar-refractivity contribution in [1.82, 2.24) is 0 Å². The average Bonchev–Trinajstić information content (AvgIpc) is 2.86. The van der Waals surface area contributed by atoms with Gasteiger partial charge in [-0.3, -0.25) is 4.79 Å². The van der Waals surface area contributed by atoms with E-state index in [-0.39, 0.29) is 28.6 Å². The molecule has 21 heavy (non-hydrogen) atoms. The lowest BCUT2D eigenvalue weighted by Gasteiger charge is -2.20. The van der Waals surface area contributed by atoms with E-state index in [0.29, 0.717) is 18.7 Å². The van der Waals surface area contributed by atoms with Gasteiger partial charge < -0.3 is 14.7 Å². The highest BCUT2D eigenvalue weighted by Gasteiger charge is 2.32. The number of esters is 1. The van der Waals surface area contributed by atoms with Crippen molar-refractivity contribution < 1.29 is 24.2 Å². The monoisotopic (exact) mass is 309 g/mol. The third kappa shape index (κ3) is 3.02. The number of anilines is 1. The maximum atomic E-state index is 12.1. The summed E-state index contributed by atoms with van der Waals surface area (Å²) < 4.78 is 4.69. The lowest BCUT2D eigenvalue weighted by molar-refractivity contribution is -0.117. The average molecular weight is 309 g/mol. The third-order valence-corrected chi connectivity index (χ3v) is 3.92. The molecule has 2 rings (SSSR count). The Morgan fingerprint density at radius 3 is 2.71 bits per heavy atom. The molecule has 1 aromatic carbocycles. The molecular formula is C14H15NO5S. The SMILES string of the molecule is COC(=O)c1ccc(C(=O)O)cc1N1CC(CS)CC1=O. The van der Waals surface area contributed by atoms with E-state index in [1.807, 2.05) is 0 Å². The van der Waals surface area contributed by atoms with Gasteiger partial charge in [-0.2, -0.15) is 12.6 Å². The molecule has 1 aliphatic heterocycles. The minimum absolute atomic E-state index is 0.0137. The number of carboxylic acid groups (broad SMARTS) is 1. The Hall–Kier alpha value is -2.02. The highest BCUT2D eigenvalue weighted by atomic mass is 32.1. The van der Waals surface area contributed by atoms with E-state index in [1.165, 1.54) is 30.2 Å². The number of ether oxygens (including phenoxy) is 1. The van der Waals surface area contributed by atoms with Crippen LogP contribution in [-0.2, 0) is 9.53 Å². The van der Waals surface area contributed by atoms with E-state index in [4.69, 9.17) is 5.11 Å². The van der Waals surface area contributed by atoms with Crippen LogP contribution in [0.15, 0.2) is 18.2 Å². The largest absolute Gasteiger partial charge is 0.478 e. The smallest absolute Gasteiger partial charge is 0.339 e. The number of thiol groups is 1. The van der Waals surface area contributed by atoms with E-state index in [2.05, 4.69) is 17.4 Å². The first-order valence-corrected chi connectivity index (χ1v) is 6.98. The number of aromatic carboxylic acids is 1. The van der Waals surface area contributed by atoms with E-state index < -0.39 is 11.9 Å². The van der Waals surface area contributed by atoms with Crippen molar-refractivity contribution >= 4 is 36.2 Å². The van der Waals surface area contributed by atoms with Crippen molar-refractivity contribution in [2.75, 3.05) is 24.3 Å². The Morgan fingerprint density at radius 1 is 1.48 bits per heavy atom. The summed E-state index contributed by atoms with van der Waals surface area (Å²) in [5.41, 5.74) is 0.464. The van der Waals surface area contributed by atoms with Crippen LogP contribution in [0.4, 0.5) is 5.69 Å². The molecule has 1 atom stereocenters. The van der Waals surface area contributed by atoms with Crippen LogP contribution >= 0.6 is 12.6 Å². The van der Waals surface area contributed by atoms with Crippen molar-refractivity contribution in [3.63, 3.8) is 0 Å². The normalized spacial score (nSPS) is 17.9. The molecule has 112 valence electrons. The summed E-state index contributed by atoms with van der Waals surface area (Å²) in [4.78, 5) is 36.4. The van der Waals surface area contributed by atoms with Crippen LogP contribution in [0.25, 0.3) is 0 Å². The van der Waals surface area contributed by atoms with Crippen molar-refractivity contribution in [3.8, 4) is 0 Å².